The van der Waals surface area contributed by atoms with E-state index in [0.717, 1.165) is 45.3 Å². The van der Waals surface area contributed by atoms with Crippen molar-refractivity contribution in [1.29, 1.82) is 0 Å². The van der Waals surface area contributed by atoms with Crippen molar-refractivity contribution in [3.63, 3.8) is 0 Å². The van der Waals surface area contributed by atoms with Crippen LogP contribution in [0.15, 0.2) is 182 Å². The second-order valence-electron chi connectivity index (χ2n) is 10.6. The van der Waals surface area contributed by atoms with Crippen molar-refractivity contribution < 1.29 is 9.47 Å². The molecule has 0 saturated heterocycles. The van der Waals surface area contributed by atoms with E-state index >= 15 is 0 Å². The highest BCUT2D eigenvalue weighted by Gasteiger charge is 2.15. The monoisotopic (exact) mass is 566 g/mol. The maximum atomic E-state index is 6.10. The molecule has 2 heteroatoms. The van der Waals surface area contributed by atoms with Crippen molar-refractivity contribution in [2.45, 2.75) is 0 Å². The minimum atomic E-state index is 0.800. The highest BCUT2D eigenvalue weighted by molar-refractivity contribution is 5.95. The third kappa shape index (κ3) is 6.01. The molecule has 0 bridgehead atoms. The standard InChI is InChI=1S/C42H30O2/c1-4-11-31(12-5-1)32-19-21-33(22-20-32)40-17-10-18-41(34-23-27-38(28-24-34)43-36-13-6-2-7-14-36)42(40)35-25-29-39(30-26-35)44-37-15-8-3-9-16-37/h1-30H. The van der Waals surface area contributed by atoms with E-state index in [4.69, 9.17) is 9.47 Å². The molecule has 210 valence electrons. The van der Waals surface area contributed by atoms with E-state index < -0.39 is 0 Å². The topological polar surface area (TPSA) is 18.5 Å². The molecule has 0 aliphatic heterocycles. The molecule has 7 aromatic rings. The van der Waals surface area contributed by atoms with Gasteiger partial charge in [-0.25, -0.2) is 0 Å². The van der Waals surface area contributed by atoms with E-state index in [9.17, 15) is 0 Å². The Balaban J connectivity index is 1.28. The molecular weight excluding hydrogens is 536 g/mol. The second kappa shape index (κ2) is 12.6. The minimum Gasteiger partial charge on any atom is -0.457 e. The Labute approximate surface area is 258 Å². The van der Waals surface area contributed by atoms with Crippen LogP contribution in [0.5, 0.6) is 23.0 Å². The fourth-order valence-electron chi connectivity index (χ4n) is 5.46. The Morgan fingerprint density at radius 1 is 0.227 bits per heavy atom. The maximum Gasteiger partial charge on any atom is 0.127 e. The van der Waals surface area contributed by atoms with Gasteiger partial charge in [-0.1, -0.05) is 133 Å². The predicted molar refractivity (Wildman–Crippen MR) is 181 cm³/mol. The predicted octanol–water partition coefficient (Wildman–Crippen LogP) is 11.9. The fraction of sp³-hybridized carbons (Fsp3) is 0. The van der Waals surface area contributed by atoms with Crippen LogP contribution in [-0.4, -0.2) is 0 Å². The number of rotatable bonds is 8. The van der Waals surface area contributed by atoms with Crippen LogP contribution in [0.1, 0.15) is 0 Å². The van der Waals surface area contributed by atoms with E-state index in [1.165, 1.54) is 22.3 Å². The summed E-state index contributed by atoms with van der Waals surface area (Å²) in [6.07, 6.45) is 0. The number of para-hydroxylation sites is 2. The average Bonchev–Trinajstić information content (AvgIpc) is 3.10. The van der Waals surface area contributed by atoms with Gasteiger partial charge in [0.05, 0.1) is 0 Å². The van der Waals surface area contributed by atoms with E-state index in [1.54, 1.807) is 0 Å². The number of ether oxygens (including phenoxy) is 2. The van der Waals surface area contributed by atoms with Gasteiger partial charge >= 0.3 is 0 Å². The van der Waals surface area contributed by atoms with E-state index in [0.29, 0.717) is 0 Å². The third-order valence-corrected chi connectivity index (χ3v) is 7.63. The van der Waals surface area contributed by atoms with Gasteiger partial charge in [0.25, 0.3) is 0 Å². The van der Waals surface area contributed by atoms with Crippen molar-refractivity contribution in [2.24, 2.45) is 0 Å². The van der Waals surface area contributed by atoms with Gasteiger partial charge in [0, 0.05) is 0 Å². The summed E-state index contributed by atoms with van der Waals surface area (Å²) in [6.45, 7) is 0. The molecule has 0 heterocycles. The molecule has 0 unspecified atom stereocenters. The van der Waals surface area contributed by atoms with E-state index in [1.807, 2.05) is 91.0 Å². The molecule has 0 amide bonds. The summed E-state index contributed by atoms with van der Waals surface area (Å²) in [5, 5.41) is 0. The van der Waals surface area contributed by atoms with Crippen molar-refractivity contribution in [3.8, 4) is 67.5 Å². The van der Waals surface area contributed by atoms with Crippen LogP contribution in [0.4, 0.5) is 0 Å². The van der Waals surface area contributed by atoms with Crippen molar-refractivity contribution in [1.82, 2.24) is 0 Å². The summed E-state index contributed by atoms with van der Waals surface area (Å²) >= 11 is 0. The van der Waals surface area contributed by atoms with E-state index in [2.05, 4.69) is 91.0 Å². The van der Waals surface area contributed by atoms with Crippen LogP contribution in [0, 0.1) is 0 Å². The molecule has 7 aromatic carbocycles. The molecular formula is C42H30O2. The lowest BCUT2D eigenvalue weighted by molar-refractivity contribution is 0.482. The first-order valence-corrected chi connectivity index (χ1v) is 14.8. The van der Waals surface area contributed by atoms with Gasteiger partial charge < -0.3 is 9.47 Å². The number of hydrogen-bond acceptors (Lipinski definition) is 2. The maximum absolute atomic E-state index is 6.10. The van der Waals surface area contributed by atoms with Gasteiger partial charge in [-0.2, -0.15) is 0 Å². The summed E-state index contributed by atoms with van der Waals surface area (Å²) in [5.41, 5.74) is 9.29. The Bertz CT molecular complexity index is 1950. The highest BCUT2D eigenvalue weighted by Crippen LogP contribution is 2.41. The molecule has 0 aliphatic rings. The molecule has 44 heavy (non-hydrogen) atoms. The lowest BCUT2D eigenvalue weighted by Gasteiger charge is -2.17. The van der Waals surface area contributed by atoms with Crippen LogP contribution < -0.4 is 9.47 Å². The van der Waals surface area contributed by atoms with Gasteiger partial charge in [0.1, 0.15) is 23.0 Å². The lowest BCUT2D eigenvalue weighted by atomic mass is 9.87. The van der Waals surface area contributed by atoms with Gasteiger partial charge in [-0.3, -0.25) is 0 Å². The first kappa shape index (κ1) is 27.0. The zero-order valence-electron chi connectivity index (χ0n) is 24.1. The van der Waals surface area contributed by atoms with Crippen LogP contribution in [0.3, 0.4) is 0 Å². The van der Waals surface area contributed by atoms with Gasteiger partial charge in [0.2, 0.25) is 0 Å². The Hall–Kier alpha value is -5.86. The summed E-state index contributed by atoms with van der Waals surface area (Å²) in [5.74, 6) is 3.24. The van der Waals surface area contributed by atoms with Crippen molar-refractivity contribution in [3.05, 3.63) is 182 Å². The SMILES string of the molecule is c1ccc(Oc2ccc(-c3cccc(-c4ccc(-c5ccccc5)cc4)c3-c3ccc(Oc4ccccc4)cc3)cc2)cc1. The highest BCUT2D eigenvalue weighted by atomic mass is 16.5. The second-order valence-corrected chi connectivity index (χ2v) is 10.6. The van der Waals surface area contributed by atoms with Crippen LogP contribution in [-0.2, 0) is 0 Å². The van der Waals surface area contributed by atoms with Gasteiger partial charge in [-0.15, -0.1) is 0 Å². The smallest absolute Gasteiger partial charge is 0.127 e. The molecule has 0 aromatic heterocycles. The Kier molecular flexibility index (Phi) is 7.71. The van der Waals surface area contributed by atoms with E-state index in [-0.39, 0.29) is 0 Å². The summed E-state index contributed by atoms with van der Waals surface area (Å²) in [4.78, 5) is 0. The van der Waals surface area contributed by atoms with Gasteiger partial charge in [-0.05, 0) is 93.0 Å². The number of hydrogen-bond donors (Lipinski definition) is 0. The minimum absolute atomic E-state index is 0.800. The first-order chi connectivity index (χ1) is 21.8. The molecule has 0 N–H and O–H groups in total. The molecule has 0 spiro atoms. The molecule has 0 fully saturated rings. The zero-order chi connectivity index (χ0) is 29.6. The van der Waals surface area contributed by atoms with Gasteiger partial charge in [0.15, 0.2) is 0 Å². The van der Waals surface area contributed by atoms with Crippen LogP contribution in [0.25, 0.3) is 44.5 Å². The molecule has 0 radical (unpaired) electrons. The molecule has 7 rings (SSSR count). The largest absolute Gasteiger partial charge is 0.457 e. The quantitative estimate of drug-likeness (QED) is 0.182. The number of benzene rings is 7. The Morgan fingerprint density at radius 3 is 1.05 bits per heavy atom. The molecule has 2 nitrogen and oxygen atoms in total. The zero-order valence-corrected chi connectivity index (χ0v) is 24.1. The fourth-order valence-corrected chi connectivity index (χ4v) is 5.46. The average molecular weight is 567 g/mol. The summed E-state index contributed by atoms with van der Waals surface area (Å²) in [7, 11) is 0. The Morgan fingerprint density at radius 2 is 0.568 bits per heavy atom. The molecule has 0 saturated carbocycles. The normalized spacial score (nSPS) is 10.7. The van der Waals surface area contributed by atoms with Crippen molar-refractivity contribution in [2.75, 3.05) is 0 Å². The third-order valence-electron chi connectivity index (χ3n) is 7.63. The molecule has 0 aliphatic carbocycles. The summed E-state index contributed by atoms with van der Waals surface area (Å²) < 4.78 is 12.2. The van der Waals surface area contributed by atoms with Crippen LogP contribution in [0.2, 0.25) is 0 Å². The van der Waals surface area contributed by atoms with Crippen molar-refractivity contribution >= 4 is 0 Å². The first-order valence-electron chi connectivity index (χ1n) is 14.8. The van der Waals surface area contributed by atoms with Crippen LogP contribution >= 0.6 is 0 Å². The molecule has 0 atom stereocenters. The summed E-state index contributed by atoms with van der Waals surface area (Å²) in [6, 6.07) is 62.3. The lowest BCUT2D eigenvalue weighted by Crippen LogP contribution is -1.92.